The van der Waals surface area contributed by atoms with E-state index in [1.54, 1.807) is 32.9 Å². The second-order valence-corrected chi connectivity index (χ2v) is 9.07. The van der Waals surface area contributed by atoms with Crippen LogP contribution in [0, 0.1) is 0 Å². The first-order chi connectivity index (χ1) is 16.8. The van der Waals surface area contributed by atoms with E-state index in [0.717, 1.165) is 33.2 Å². The number of benzene rings is 3. The SMILES string of the molecule is CN[C@@H](C)C(=O)N[C@H]1CCc2ccccc2N(Cc2c(OC)ccc3cc(C(C)O)ccc23)C1=O. The lowest BCUT2D eigenvalue weighted by Crippen LogP contribution is -2.52. The van der Waals surface area contributed by atoms with E-state index in [2.05, 4.69) is 10.6 Å². The molecule has 3 aromatic rings. The number of rotatable bonds is 7. The van der Waals surface area contributed by atoms with E-state index in [-0.39, 0.29) is 11.8 Å². The number of nitrogens with zero attached hydrogens (tertiary/aromatic N) is 1. The molecule has 35 heavy (non-hydrogen) atoms. The zero-order chi connectivity index (χ0) is 25.1. The van der Waals surface area contributed by atoms with E-state index in [4.69, 9.17) is 4.74 Å². The van der Waals surface area contributed by atoms with Crippen molar-refractivity contribution >= 4 is 28.3 Å². The highest BCUT2D eigenvalue weighted by atomic mass is 16.5. The molecule has 0 radical (unpaired) electrons. The Bertz CT molecular complexity index is 1240. The number of aryl methyl sites for hydroxylation is 1. The highest BCUT2D eigenvalue weighted by Gasteiger charge is 2.33. The molecular weight excluding hydrogens is 442 g/mol. The quantitative estimate of drug-likeness (QED) is 0.487. The van der Waals surface area contributed by atoms with Gasteiger partial charge in [0.15, 0.2) is 0 Å². The summed E-state index contributed by atoms with van der Waals surface area (Å²) in [6.07, 6.45) is 0.633. The topological polar surface area (TPSA) is 90.9 Å². The largest absolute Gasteiger partial charge is 0.496 e. The molecule has 1 heterocycles. The smallest absolute Gasteiger partial charge is 0.249 e. The highest BCUT2D eigenvalue weighted by Crippen LogP contribution is 2.35. The molecule has 184 valence electrons. The van der Waals surface area contributed by atoms with Crippen LogP contribution in [0.5, 0.6) is 5.75 Å². The molecule has 0 aliphatic carbocycles. The first-order valence-electron chi connectivity index (χ1n) is 12.0. The number of amides is 2. The fourth-order valence-electron chi connectivity index (χ4n) is 4.61. The molecule has 0 spiro atoms. The molecule has 0 aromatic heterocycles. The minimum absolute atomic E-state index is 0.147. The Morgan fingerprint density at radius 3 is 2.66 bits per heavy atom. The van der Waals surface area contributed by atoms with Crippen LogP contribution >= 0.6 is 0 Å². The van der Waals surface area contributed by atoms with Crippen molar-refractivity contribution in [2.75, 3.05) is 19.1 Å². The van der Waals surface area contributed by atoms with Crippen LogP contribution in [-0.2, 0) is 22.6 Å². The van der Waals surface area contributed by atoms with Gasteiger partial charge in [-0.1, -0.05) is 36.4 Å². The van der Waals surface area contributed by atoms with Crippen LogP contribution in [0.2, 0.25) is 0 Å². The molecule has 0 fully saturated rings. The molecule has 3 aromatic carbocycles. The monoisotopic (exact) mass is 475 g/mol. The molecule has 7 nitrogen and oxygen atoms in total. The van der Waals surface area contributed by atoms with Crippen LogP contribution in [0.25, 0.3) is 10.8 Å². The van der Waals surface area contributed by atoms with Crippen LogP contribution < -0.4 is 20.3 Å². The molecule has 2 amide bonds. The number of likely N-dealkylation sites (N-methyl/N-ethyl adjacent to an activating group) is 1. The summed E-state index contributed by atoms with van der Waals surface area (Å²) in [5, 5.41) is 17.8. The van der Waals surface area contributed by atoms with Gasteiger partial charge in [0.05, 0.1) is 25.8 Å². The average molecular weight is 476 g/mol. The zero-order valence-corrected chi connectivity index (χ0v) is 20.7. The third kappa shape index (κ3) is 5.01. The Balaban J connectivity index is 1.77. The predicted molar refractivity (Wildman–Crippen MR) is 138 cm³/mol. The number of hydrogen-bond donors (Lipinski definition) is 3. The van der Waals surface area contributed by atoms with Crippen molar-refractivity contribution in [1.29, 1.82) is 0 Å². The van der Waals surface area contributed by atoms with Crippen molar-refractivity contribution in [2.24, 2.45) is 0 Å². The second-order valence-electron chi connectivity index (χ2n) is 9.07. The number of fused-ring (bicyclic) bond motifs is 2. The van der Waals surface area contributed by atoms with Crippen LogP contribution in [-0.4, -0.2) is 43.2 Å². The van der Waals surface area contributed by atoms with Crippen molar-refractivity contribution in [3.8, 4) is 5.75 Å². The highest BCUT2D eigenvalue weighted by molar-refractivity contribution is 6.01. The Morgan fingerprint density at radius 2 is 1.94 bits per heavy atom. The minimum Gasteiger partial charge on any atom is -0.496 e. The van der Waals surface area contributed by atoms with Gasteiger partial charge >= 0.3 is 0 Å². The van der Waals surface area contributed by atoms with Gasteiger partial charge in [-0.15, -0.1) is 0 Å². The Kier molecular flexibility index (Phi) is 7.38. The molecule has 3 N–H and O–H groups in total. The summed E-state index contributed by atoms with van der Waals surface area (Å²) in [5.74, 6) is 0.331. The first kappa shape index (κ1) is 24.7. The summed E-state index contributed by atoms with van der Waals surface area (Å²) < 4.78 is 5.70. The van der Waals surface area contributed by atoms with Gasteiger partial charge in [0.25, 0.3) is 0 Å². The standard InChI is InChI=1S/C28H33N3O4/c1-17(29-3)27(33)30-24-13-10-19-7-5-6-8-25(19)31(28(24)34)16-23-22-12-9-20(18(2)32)15-21(22)11-14-26(23)35-4/h5-9,11-12,14-15,17-18,24,29,32H,10,13,16H2,1-4H3,(H,30,33)/t17-,18?,24-/m0/s1. The van der Waals surface area contributed by atoms with Gasteiger partial charge < -0.3 is 25.4 Å². The molecule has 0 bridgehead atoms. The number of carbonyl (C=O) groups excluding carboxylic acids is 2. The fourth-order valence-corrected chi connectivity index (χ4v) is 4.61. The third-order valence-electron chi connectivity index (χ3n) is 6.82. The number of hydrogen-bond acceptors (Lipinski definition) is 5. The zero-order valence-electron chi connectivity index (χ0n) is 20.7. The maximum Gasteiger partial charge on any atom is 0.249 e. The number of ether oxygens (including phenoxy) is 1. The maximum absolute atomic E-state index is 13.9. The van der Waals surface area contributed by atoms with E-state index in [0.29, 0.717) is 25.1 Å². The predicted octanol–water partition coefficient (Wildman–Crippen LogP) is 3.47. The summed E-state index contributed by atoms with van der Waals surface area (Å²) in [7, 11) is 3.34. The Labute approximate surface area is 206 Å². The van der Waals surface area contributed by atoms with Crippen LogP contribution in [0.4, 0.5) is 5.69 Å². The van der Waals surface area contributed by atoms with Crippen molar-refractivity contribution in [3.63, 3.8) is 0 Å². The molecule has 0 saturated carbocycles. The Morgan fingerprint density at radius 1 is 1.17 bits per heavy atom. The van der Waals surface area contributed by atoms with E-state index in [9.17, 15) is 14.7 Å². The van der Waals surface area contributed by atoms with Crippen LogP contribution in [0.1, 0.15) is 43.1 Å². The van der Waals surface area contributed by atoms with Crippen molar-refractivity contribution in [3.05, 3.63) is 71.3 Å². The summed E-state index contributed by atoms with van der Waals surface area (Å²) >= 11 is 0. The number of carbonyl (C=O) groups is 2. The summed E-state index contributed by atoms with van der Waals surface area (Å²) in [6, 6.07) is 16.5. The molecule has 7 heteroatoms. The van der Waals surface area contributed by atoms with E-state index >= 15 is 0 Å². The number of aliphatic hydroxyl groups is 1. The first-order valence-corrected chi connectivity index (χ1v) is 12.0. The molecule has 3 atom stereocenters. The summed E-state index contributed by atoms with van der Waals surface area (Å²) in [5.41, 5.74) is 3.61. The molecule has 1 aliphatic rings. The number of methoxy groups -OCH3 is 1. The number of anilines is 1. The van der Waals surface area contributed by atoms with Crippen LogP contribution in [0.3, 0.4) is 0 Å². The fraction of sp³-hybridized carbons (Fsp3) is 0.357. The number of nitrogens with one attached hydrogen (secondary N) is 2. The van der Waals surface area contributed by atoms with Gasteiger partial charge in [-0.05, 0) is 73.8 Å². The number of para-hydroxylation sites is 1. The van der Waals surface area contributed by atoms with Crippen molar-refractivity contribution in [2.45, 2.75) is 51.4 Å². The van der Waals surface area contributed by atoms with E-state index in [1.807, 2.05) is 54.6 Å². The van der Waals surface area contributed by atoms with Gasteiger partial charge in [-0.2, -0.15) is 0 Å². The molecule has 1 unspecified atom stereocenters. The third-order valence-corrected chi connectivity index (χ3v) is 6.82. The van der Waals surface area contributed by atoms with E-state index in [1.165, 1.54) is 0 Å². The average Bonchev–Trinajstić information content (AvgIpc) is 3.00. The maximum atomic E-state index is 13.9. The number of aliphatic hydroxyl groups excluding tert-OH is 1. The lowest BCUT2D eigenvalue weighted by molar-refractivity contribution is -0.128. The van der Waals surface area contributed by atoms with Gasteiger partial charge in [0, 0.05) is 11.3 Å². The normalized spacial score (nSPS) is 17.5. The van der Waals surface area contributed by atoms with Gasteiger partial charge in [0.2, 0.25) is 11.8 Å². The molecule has 0 saturated heterocycles. The minimum atomic E-state index is -0.631. The Hall–Kier alpha value is -3.42. The summed E-state index contributed by atoms with van der Waals surface area (Å²) in [4.78, 5) is 28.2. The molecular formula is C28H33N3O4. The van der Waals surface area contributed by atoms with E-state index < -0.39 is 18.2 Å². The van der Waals surface area contributed by atoms with Crippen LogP contribution in [0.15, 0.2) is 54.6 Å². The lowest BCUT2D eigenvalue weighted by atomic mass is 9.98. The van der Waals surface area contributed by atoms with Gasteiger partial charge in [0.1, 0.15) is 11.8 Å². The molecule has 1 aliphatic heterocycles. The molecule has 4 rings (SSSR count). The lowest BCUT2D eigenvalue weighted by Gasteiger charge is -2.28. The summed E-state index contributed by atoms with van der Waals surface area (Å²) in [6.45, 7) is 3.80. The van der Waals surface area contributed by atoms with Crippen molar-refractivity contribution in [1.82, 2.24) is 10.6 Å². The van der Waals surface area contributed by atoms with Crippen molar-refractivity contribution < 1.29 is 19.4 Å². The second kappa shape index (κ2) is 10.5. The van der Waals surface area contributed by atoms with Gasteiger partial charge in [-0.25, -0.2) is 0 Å². The van der Waals surface area contributed by atoms with Gasteiger partial charge in [-0.3, -0.25) is 9.59 Å².